The molecule has 0 bridgehead atoms. The van der Waals surface area contributed by atoms with Gasteiger partial charge in [-0.2, -0.15) is 0 Å². The van der Waals surface area contributed by atoms with Crippen molar-refractivity contribution in [1.82, 2.24) is 10.6 Å². The number of carbonyl (C=O) groups excluding carboxylic acids is 1. The van der Waals surface area contributed by atoms with Gasteiger partial charge >= 0.3 is 0 Å². The first-order chi connectivity index (χ1) is 11.3. The molecule has 2 N–H and O–H groups in total. The van der Waals surface area contributed by atoms with E-state index in [0.717, 1.165) is 36.9 Å². The van der Waals surface area contributed by atoms with Gasteiger partial charge in [0.25, 0.3) is 5.91 Å². The summed E-state index contributed by atoms with van der Waals surface area (Å²) in [4.78, 5) is 12.7. The van der Waals surface area contributed by atoms with Crippen LogP contribution in [0.4, 0.5) is 0 Å². The molecule has 0 aromatic carbocycles. The second kappa shape index (κ2) is 6.54. The summed E-state index contributed by atoms with van der Waals surface area (Å²) in [6.45, 7) is 2.68. The summed E-state index contributed by atoms with van der Waals surface area (Å²) in [7, 11) is 0. The highest BCUT2D eigenvalue weighted by Gasteiger charge is 2.64. The van der Waals surface area contributed by atoms with Gasteiger partial charge in [0.2, 0.25) is 0 Å². The van der Waals surface area contributed by atoms with Gasteiger partial charge in [-0.1, -0.05) is 18.9 Å². The molecule has 4 rings (SSSR count). The molecule has 2 heterocycles. The molecule has 3 atom stereocenters. The van der Waals surface area contributed by atoms with Crippen molar-refractivity contribution < 1.29 is 9.53 Å². The summed E-state index contributed by atoms with van der Waals surface area (Å²) in [6, 6.07) is 4.43. The van der Waals surface area contributed by atoms with Gasteiger partial charge in [0.05, 0.1) is 11.0 Å². The zero-order chi connectivity index (χ0) is 15.7. The van der Waals surface area contributed by atoms with Crippen LogP contribution in [0.1, 0.15) is 48.2 Å². The lowest BCUT2D eigenvalue weighted by molar-refractivity contribution is -0.130. The van der Waals surface area contributed by atoms with Crippen LogP contribution in [0.2, 0.25) is 0 Å². The molecule has 0 unspecified atom stereocenters. The summed E-state index contributed by atoms with van der Waals surface area (Å²) >= 11 is 1.49. The van der Waals surface area contributed by atoms with Crippen LogP contribution >= 0.6 is 11.3 Å². The number of amides is 1. The summed E-state index contributed by atoms with van der Waals surface area (Å²) in [5.41, 5.74) is 0.432. The number of nitrogens with one attached hydrogen (secondary N) is 2. The van der Waals surface area contributed by atoms with Crippen molar-refractivity contribution in [3.05, 3.63) is 22.4 Å². The minimum atomic E-state index is 0.0557. The fourth-order valence-corrected chi connectivity index (χ4v) is 5.69. The molecule has 3 fully saturated rings. The summed E-state index contributed by atoms with van der Waals surface area (Å²) in [6.07, 6.45) is 8.13. The van der Waals surface area contributed by atoms with E-state index in [2.05, 4.69) is 10.6 Å². The first-order valence-corrected chi connectivity index (χ1v) is 9.86. The number of ether oxygens (including phenoxy) is 1. The van der Waals surface area contributed by atoms with Crippen LogP contribution in [-0.2, 0) is 4.74 Å². The van der Waals surface area contributed by atoms with Gasteiger partial charge in [-0.15, -0.1) is 11.3 Å². The van der Waals surface area contributed by atoms with Gasteiger partial charge in [0, 0.05) is 30.5 Å². The van der Waals surface area contributed by atoms with Crippen molar-refractivity contribution >= 4 is 17.2 Å². The van der Waals surface area contributed by atoms with Crippen molar-refractivity contribution in [2.75, 3.05) is 19.7 Å². The maximum atomic E-state index is 11.9. The van der Waals surface area contributed by atoms with Gasteiger partial charge in [-0.3, -0.25) is 4.79 Å². The Balaban J connectivity index is 1.21. The fraction of sp³-hybridized carbons (Fsp3) is 0.722. The van der Waals surface area contributed by atoms with E-state index in [1.165, 1.54) is 43.4 Å². The molecular formula is C18H26N2O2S. The number of hydrogen-bond acceptors (Lipinski definition) is 4. The van der Waals surface area contributed by atoms with E-state index >= 15 is 0 Å². The molecule has 4 nitrogen and oxygen atoms in total. The van der Waals surface area contributed by atoms with Crippen molar-refractivity contribution in [2.45, 2.75) is 50.7 Å². The molecule has 3 aliphatic rings. The third-order valence-electron chi connectivity index (χ3n) is 6.03. The Labute approximate surface area is 142 Å². The second-order valence-corrected chi connectivity index (χ2v) is 8.15. The van der Waals surface area contributed by atoms with E-state index in [9.17, 15) is 4.79 Å². The van der Waals surface area contributed by atoms with E-state index in [4.69, 9.17) is 4.74 Å². The average Bonchev–Trinajstić information content (AvgIpc) is 3.31. The SMILES string of the molecule is O=C(NCCCN[C@@H]1[C@H]2CCO[C@@H]2C12CCCC2)c1cccs1. The van der Waals surface area contributed by atoms with Crippen LogP contribution in [-0.4, -0.2) is 37.7 Å². The second-order valence-electron chi connectivity index (χ2n) is 7.20. The zero-order valence-electron chi connectivity index (χ0n) is 13.6. The normalized spacial score (nSPS) is 31.0. The molecule has 23 heavy (non-hydrogen) atoms. The summed E-state index contributed by atoms with van der Waals surface area (Å²) in [5.74, 6) is 0.786. The molecule has 5 heteroatoms. The van der Waals surface area contributed by atoms with Gasteiger partial charge in [-0.05, 0) is 43.7 Å². The highest BCUT2D eigenvalue weighted by molar-refractivity contribution is 7.12. The van der Waals surface area contributed by atoms with Crippen LogP contribution in [0.5, 0.6) is 0 Å². The van der Waals surface area contributed by atoms with Gasteiger partial charge in [0.15, 0.2) is 0 Å². The molecule has 1 aromatic rings. The Morgan fingerprint density at radius 2 is 2.22 bits per heavy atom. The van der Waals surface area contributed by atoms with Crippen LogP contribution in [0.3, 0.4) is 0 Å². The first kappa shape index (κ1) is 15.6. The Kier molecular flexibility index (Phi) is 4.43. The molecular weight excluding hydrogens is 308 g/mol. The molecule has 126 valence electrons. The average molecular weight is 334 g/mol. The molecule has 1 amide bonds. The van der Waals surface area contributed by atoms with Crippen LogP contribution < -0.4 is 10.6 Å². The van der Waals surface area contributed by atoms with Crippen LogP contribution in [0.25, 0.3) is 0 Å². The lowest BCUT2D eigenvalue weighted by Gasteiger charge is -2.57. The van der Waals surface area contributed by atoms with Gasteiger partial charge in [0.1, 0.15) is 0 Å². The Morgan fingerprint density at radius 3 is 3.00 bits per heavy atom. The van der Waals surface area contributed by atoms with Crippen molar-refractivity contribution in [2.24, 2.45) is 11.3 Å². The fourth-order valence-electron chi connectivity index (χ4n) is 5.05. The molecule has 0 radical (unpaired) electrons. The van der Waals surface area contributed by atoms with Crippen LogP contribution in [0.15, 0.2) is 17.5 Å². The highest BCUT2D eigenvalue weighted by Crippen LogP contribution is 2.60. The maximum absolute atomic E-state index is 11.9. The smallest absolute Gasteiger partial charge is 0.261 e. The quantitative estimate of drug-likeness (QED) is 0.787. The predicted molar refractivity (Wildman–Crippen MR) is 91.8 cm³/mol. The lowest BCUT2D eigenvalue weighted by Crippen LogP contribution is -2.67. The van der Waals surface area contributed by atoms with Crippen molar-refractivity contribution in [1.29, 1.82) is 0 Å². The van der Waals surface area contributed by atoms with E-state index in [1.807, 2.05) is 17.5 Å². The predicted octanol–water partition coefficient (Wildman–Crippen LogP) is 2.81. The zero-order valence-corrected chi connectivity index (χ0v) is 14.4. The van der Waals surface area contributed by atoms with Crippen molar-refractivity contribution in [3.63, 3.8) is 0 Å². The lowest BCUT2D eigenvalue weighted by atomic mass is 9.54. The van der Waals surface area contributed by atoms with Crippen LogP contribution in [0, 0.1) is 11.3 Å². The minimum absolute atomic E-state index is 0.0557. The van der Waals surface area contributed by atoms with E-state index in [1.54, 1.807) is 0 Å². The maximum Gasteiger partial charge on any atom is 0.261 e. The third kappa shape index (κ3) is 2.73. The van der Waals surface area contributed by atoms with Crippen molar-refractivity contribution in [3.8, 4) is 0 Å². The van der Waals surface area contributed by atoms with E-state index < -0.39 is 0 Å². The molecule has 1 aromatic heterocycles. The molecule has 2 saturated carbocycles. The highest BCUT2D eigenvalue weighted by atomic mass is 32.1. The third-order valence-corrected chi connectivity index (χ3v) is 6.90. The van der Waals surface area contributed by atoms with Gasteiger partial charge in [-0.25, -0.2) is 0 Å². The summed E-state index contributed by atoms with van der Waals surface area (Å²) < 4.78 is 6.02. The Morgan fingerprint density at radius 1 is 1.35 bits per heavy atom. The van der Waals surface area contributed by atoms with Gasteiger partial charge < -0.3 is 15.4 Å². The standard InChI is InChI=1S/C18H26N2O2S/c21-17(14-5-3-12-23-14)20-10-4-9-19-15-13-6-11-22-16(13)18(15)7-1-2-8-18/h3,5,12-13,15-16,19H,1-2,4,6-11H2,(H,20,21)/t13-,15-,16+/m1/s1. The molecule has 1 spiro atoms. The number of thiophene rings is 1. The monoisotopic (exact) mass is 334 g/mol. The van der Waals surface area contributed by atoms with E-state index in [-0.39, 0.29) is 5.91 Å². The summed E-state index contributed by atoms with van der Waals surface area (Å²) in [5, 5.41) is 8.75. The number of carbonyl (C=O) groups is 1. The Bertz CT molecular complexity index is 539. The molecule has 2 aliphatic carbocycles. The topological polar surface area (TPSA) is 50.4 Å². The van der Waals surface area contributed by atoms with E-state index in [0.29, 0.717) is 17.6 Å². The largest absolute Gasteiger partial charge is 0.377 e. The number of hydrogen-bond donors (Lipinski definition) is 2. The first-order valence-electron chi connectivity index (χ1n) is 8.98. The Hall–Kier alpha value is -0.910. The molecule has 1 aliphatic heterocycles. The molecule has 1 saturated heterocycles. The number of rotatable bonds is 6. The number of fused-ring (bicyclic) bond motifs is 2. The minimum Gasteiger partial charge on any atom is -0.377 e.